The summed E-state index contributed by atoms with van der Waals surface area (Å²) in [7, 11) is 1.31. The second-order valence-electron chi connectivity index (χ2n) is 2.49. The SMILES string of the molecule is COC1=CC(=O)[C@@H](Cl)[C@H](O)[C@H]1O. The molecule has 0 bridgehead atoms. The standard InChI is InChI=1S/C7H9ClO4/c1-12-4-2-3(9)5(8)7(11)6(4)10/h2,5-7,10-11H,1H3/t5-,6+,7+/m1/s1. The molecule has 0 fully saturated rings. The molecule has 0 spiro atoms. The van der Waals surface area contributed by atoms with Crippen LogP contribution in [0.3, 0.4) is 0 Å². The minimum Gasteiger partial charge on any atom is -0.498 e. The lowest BCUT2D eigenvalue weighted by molar-refractivity contribution is -0.119. The van der Waals surface area contributed by atoms with Gasteiger partial charge in [0.05, 0.1) is 7.11 Å². The van der Waals surface area contributed by atoms with Crippen LogP contribution >= 0.6 is 11.6 Å². The van der Waals surface area contributed by atoms with E-state index in [4.69, 9.17) is 11.6 Å². The lowest BCUT2D eigenvalue weighted by Crippen LogP contribution is -2.43. The number of methoxy groups -OCH3 is 1. The predicted molar refractivity (Wildman–Crippen MR) is 41.8 cm³/mol. The van der Waals surface area contributed by atoms with Gasteiger partial charge in [0, 0.05) is 6.08 Å². The number of alkyl halides is 1. The Labute approximate surface area is 74.4 Å². The molecule has 12 heavy (non-hydrogen) atoms. The first-order chi connectivity index (χ1) is 5.57. The zero-order valence-electron chi connectivity index (χ0n) is 6.40. The molecule has 0 saturated carbocycles. The van der Waals surface area contributed by atoms with E-state index < -0.39 is 23.4 Å². The normalized spacial score (nSPS) is 36.2. The molecule has 0 aromatic carbocycles. The van der Waals surface area contributed by atoms with Gasteiger partial charge in [-0.3, -0.25) is 4.79 Å². The number of allylic oxidation sites excluding steroid dienone is 1. The molecular formula is C7H9ClO4. The number of hydrogen-bond acceptors (Lipinski definition) is 4. The van der Waals surface area contributed by atoms with Crippen molar-refractivity contribution >= 4 is 17.4 Å². The first-order valence-electron chi connectivity index (χ1n) is 3.37. The summed E-state index contributed by atoms with van der Waals surface area (Å²) in [5, 5.41) is 17.4. The molecular weight excluding hydrogens is 184 g/mol. The quantitative estimate of drug-likeness (QED) is 0.546. The molecule has 0 aliphatic heterocycles. The third-order valence-electron chi connectivity index (χ3n) is 1.71. The lowest BCUT2D eigenvalue weighted by Gasteiger charge is -2.26. The first-order valence-corrected chi connectivity index (χ1v) is 3.81. The molecule has 1 rings (SSSR count). The Morgan fingerprint density at radius 2 is 2.17 bits per heavy atom. The van der Waals surface area contributed by atoms with Crippen LogP contribution in [-0.4, -0.2) is 40.7 Å². The topological polar surface area (TPSA) is 66.8 Å². The van der Waals surface area contributed by atoms with Crippen LogP contribution in [0.15, 0.2) is 11.8 Å². The minimum absolute atomic E-state index is 0.0457. The summed E-state index contributed by atoms with van der Waals surface area (Å²) < 4.78 is 4.66. The molecule has 0 heterocycles. The van der Waals surface area contributed by atoms with E-state index in [0.29, 0.717) is 0 Å². The van der Waals surface area contributed by atoms with Gasteiger partial charge in [-0.1, -0.05) is 0 Å². The highest BCUT2D eigenvalue weighted by Gasteiger charge is 2.37. The van der Waals surface area contributed by atoms with Crippen molar-refractivity contribution in [1.29, 1.82) is 0 Å². The van der Waals surface area contributed by atoms with Crippen LogP contribution in [0.4, 0.5) is 0 Å². The van der Waals surface area contributed by atoms with Crippen LogP contribution in [0.5, 0.6) is 0 Å². The van der Waals surface area contributed by atoms with E-state index in [1.165, 1.54) is 7.11 Å². The van der Waals surface area contributed by atoms with Crippen LogP contribution in [0, 0.1) is 0 Å². The molecule has 1 aliphatic carbocycles. The third-order valence-corrected chi connectivity index (χ3v) is 2.18. The van der Waals surface area contributed by atoms with E-state index in [1.807, 2.05) is 0 Å². The molecule has 0 amide bonds. The molecule has 1 aliphatic rings. The molecule has 5 heteroatoms. The monoisotopic (exact) mass is 192 g/mol. The predicted octanol–water partition coefficient (Wildman–Crippen LogP) is -0.571. The fourth-order valence-corrected chi connectivity index (χ4v) is 1.18. The second-order valence-corrected chi connectivity index (χ2v) is 2.96. The number of ether oxygens (including phenoxy) is 1. The Bertz CT molecular complexity index is 225. The number of halogens is 1. The average Bonchev–Trinajstić information content (AvgIpc) is 2.08. The largest absolute Gasteiger partial charge is 0.498 e. The Morgan fingerprint density at radius 1 is 1.58 bits per heavy atom. The first kappa shape index (κ1) is 9.51. The van der Waals surface area contributed by atoms with E-state index in [-0.39, 0.29) is 5.76 Å². The van der Waals surface area contributed by atoms with E-state index in [9.17, 15) is 15.0 Å². The van der Waals surface area contributed by atoms with E-state index >= 15 is 0 Å². The summed E-state index contributed by atoms with van der Waals surface area (Å²) in [6.45, 7) is 0. The highest BCUT2D eigenvalue weighted by Crippen LogP contribution is 2.21. The second kappa shape index (κ2) is 3.43. The Balaban J connectivity index is 2.91. The van der Waals surface area contributed by atoms with Crippen LogP contribution in [-0.2, 0) is 9.53 Å². The van der Waals surface area contributed by atoms with Gasteiger partial charge in [0.25, 0.3) is 0 Å². The summed E-state index contributed by atoms with van der Waals surface area (Å²) >= 11 is 5.48. The average molecular weight is 193 g/mol. The van der Waals surface area contributed by atoms with Crippen LogP contribution in [0.2, 0.25) is 0 Å². The molecule has 0 aromatic rings. The van der Waals surface area contributed by atoms with Crippen molar-refractivity contribution < 1.29 is 19.7 Å². The molecule has 0 aromatic heterocycles. The highest BCUT2D eigenvalue weighted by molar-refractivity contribution is 6.33. The van der Waals surface area contributed by atoms with Gasteiger partial charge < -0.3 is 14.9 Å². The van der Waals surface area contributed by atoms with Crippen molar-refractivity contribution in [3.8, 4) is 0 Å². The maximum absolute atomic E-state index is 11.0. The van der Waals surface area contributed by atoms with Crippen molar-refractivity contribution in [2.45, 2.75) is 17.6 Å². The zero-order chi connectivity index (χ0) is 9.30. The van der Waals surface area contributed by atoms with Gasteiger partial charge in [-0.15, -0.1) is 11.6 Å². The van der Waals surface area contributed by atoms with Crippen molar-refractivity contribution in [3.63, 3.8) is 0 Å². The van der Waals surface area contributed by atoms with Gasteiger partial charge in [-0.2, -0.15) is 0 Å². The molecule has 2 N–H and O–H groups in total. The van der Waals surface area contributed by atoms with E-state index in [2.05, 4.69) is 4.74 Å². The zero-order valence-corrected chi connectivity index (χ0v) is 7.15. The maximum atomic E-state index is 11.0. The number of hydrogen-bond donors (Lipinski definition) is 2. The van der Waals surface area contributed by atoms with Gasteiger partial charge in [0.2, 0.25) is 0 Å². The Hall–Kier alpha value is -0.580. The summed E-state index contributed by atoms with van der Waals surface area (Å²) in [6.07, 6.45) is -1.41. The summed E-state index contributed by atoms with van der Waals surface area (Å²) in [5.74, 6) is -0.407. The number of ketones is 1. The van der Waals surface area contributed by atoms with Gasteiger partial charge in [-0.05, 0) is 0 Å². The molecule has 0 saturated heterocycles. The number of aliphatic hydroxyl groups is 2. The highest BCUT2D eigenvalue weighted by atomic mass is 35.5. The summed E-state index contributed by atoms with van der Waals surface area (Å²) in [5.41, 5.74) is 0. The number of carbonyl (C=O) groups is 1. The van der Waals surface area contributed by atoms with Crippen LogP contribution in [0.1, 0.15) is 0 Å². The summed E-state index contributed by atoms with van der Waals surface area (Å²) in [4.78, 5) is 11.0. The Kier molecular flexibility index (Phi) is 2.72. The number of carbonyl (C=O) groups excluding carboxylic acids is 1. The third kappa shape index (κ3) is 1.46. The van der Waals surface area contributed by atoms with E-state index in [1.54, 1.807) is 0 Å². The van der Waals surface area contributed by atoms with Crippen LogP contribution < -0.4 is 0 Å². The van der Waals surface area contributed by atoms with Crippen molar-refractivity contribution in [2.24, 2.45) is 0 Å². The lowest BCUT2D eigenvalue weighted by atomic mass is 9.98. The molecule has 4 nitrogen and oxygen atoms in total. The minimum atomic E-state index is -1.29. The van der Waals surface area contributed by atoms with Crippen molar-refractivity contribution in [3.05, 3.63) is 11.8 Å². The van der Waals surface area contributed by atoms with Gasteiger partial charge in [-0.25, -0.2) is 0 Å². The van der Waals surface area contributed by atoms with Crippen LogP contribution in [0.25, 0.3) is 0 Å². The number of aliphatic hydroxyl groups excluding tert-OH is 2. The smallest absolute Gasteiger partial charge is 0.179 e. The van der Waals surface area contributed by atoms with Crippen molar-refractivity contribution in [2.75, 3.05) is 7.11 Å². The summed E-state index contributed by atoms with van der Waals surface area (Å²) in [6, 6.07) is 0. The van der Waals surface area contributed by atoms with Gasteiger partial charge in [0.15, 0.2) is 5.78 Å². The number of rotatable bonds is 1. The molecule has 68 valence electrons. The fourth-order valence-electron chi connectivity index (χ4n) is 0.982. The fraction of sp³-hybridized carbons (Fsp3) is 0.571. The molecule has 0 radical (unpaired) electrons. The van der Waals surface area contributed by atoms with Crippen molar-refractivity contribution in [1.82, 2.24) is 0 Å². The van der Waals surface area contributed by atoms with Gasteiger partial charge in [0.1, 0.15) is 23.3 Å². The molecule has 3 atom stereocenters. The Morgan fingerprint density at radius 3 is 2.67 bits per heavy atom. The maximum Gasteiger partial charge on any atom is 0.179 e. The van der Waals surface area contributed by atoms with E-state index in [0.717, 1.165) is 6.08 Å². The molecule has 0 unspecified atom stereocenters. The van der Waals surface area contributed by atoms with Gasteiger partial charge >= 0.3 is 0 Å².